The lowest BCUT2D eigenvalue weighted by Gasteiger charge is -2.20. The molecule has 0 bridgehead atoms. The van der Waals surface area contributed by atoms with E-state index < -0.39 is 0 Å². The van der Waals surface area contributed by atoms with E-state index in [9.17, 15) is 5.26 Å². The number of nitriles is 1. The fourth-order valence-corrected chi connectivity index (χ4v) is 2.40. The minimum atomic E-state index is 0.105. The van der Waals surface area contributed by atoms with Crippen LogP contribution in [0.4, 0.5) is 5.82 Å². The lowest BCUT2D eigenvalue weighted by atomic mass is 9.97. The molecule has 0 aliphatic carbocycles. The molecule has 0 atom stereocenters. The van der Waals surface area contributed by atoms with Crippen LogP contribution in [0.5, 0.6) is 0 Å². The normalized spacial score (nSPS) is 11.4. The van der Waals surface area contributed by atoms with Crippen molar-refractivity contribution in [2.24, 2.45) is 5.41 Å². The van der Waals surface area contributed by atoms with Crippen molar-refractivity contribution >= 4 is 16.7 Å². The van der Waals surface area contributed by atoms with E-state index in [-0.39, 0.29) is 5.41 Å². The first-order valence-corrected chi connectivity index (χ1v) is 7.55. The monoisotopic (exact) mass is 305 g/mol. The Kier molecular flexibility index (Phi) is 3.75. The molecule has 3 rings (SSSR count). The molecule has 0 radical (unpaired) electrons. The molecule has 0 aliphatic heterocycles. The molecule has 116 valence electrons. The number of H-pyrrole nitrogens is 1. The molecule has 3 aromatic rings. The van der Waals surface area contributed by atoms with Gasteiger partial charge >= 0.3 is 0 Å². The SMILES string of the molecule is CC(C)(C)CNc1nc2c(-c3cn[nH]c3)cccc2cc1C#N. The topological polar surface area (TPSA) is 77.4 Å². The average Bonchev–Trinajstić information content (AvgIpc) is 3.04. The standard InChI is InChI=1S/C18H19N5/c1-18(2,3)11-20-17-13(8-19)7-12-5-4-6-15(16(12)23-17)14-9-21-22-10-14/h4-7,9-10H,11H2,1-3H3,(H,20,23)(H,21,22). The van der Waals surface area contributed by atoms with Crippen LogP contribution in [0.3, 0.4) is 0 Å². The molecule has 0 saturated heterocycles. The van der Waals surface area contributed by atoms with Crippen molar-refractivity contribution in [3.05, 3.63) is 42.2 Å². The second kappa shape index (κ2) is 5.73. The van der Waals surface area contributed by atoms with Gasteiger partial charge in [0.15, 0.2) is 0 Å². The number of hydrogen-bond acceptors (Lipinski definition) is 4. The van der Waals surface area contributed by atoms with Crippen molar-refractivity contribution in [2.45, 2.75) is 20.8 Å². The number of nitrogens with one attached hydrogen (secondary N) is 2. The summed E-state index contributed by atoms with van der Waals surface area (Å²) >= 11 is 0. The van der Waals surface area contributed by atoms with Gasteiger partial charge < -0.3 is 5.32 Å². The number of nitrogens with zero attached hydrogens (tertiary/aromatic N) is 3. The molecular formula is C18H19N5. The predicted octanol–water partition coefficient (Wildman–Crippen LogP) is 3.95. The van der Waals surface area contributed by atoms with Gasteiger partial charge in [0.05, 0.1) is 17.3 Å². The molecule has 0 unspecified atom stereocenters. The Labute approximate surface area is 135 Å². The Balaban J connectivity index is 2.13. The molecule has 2 aromatic heterocycles. The highest BCUT2D eigenvalue weighted by Gasteiger charge is 2.14. The molecule has 0 saturated carbocycles. The number of benzene rings is 1. The minimum absolute atomic E-state index is 0.105. The molecule has 1 aromatic carbocycles. The third-order valence-corrected chi connectivity index (χ3v) is 3.56. The summed E-state index contributed by atoms with van der Waals surface area (Å²) in [6, 6.07) is 10.1. The number of anilines is 1. The highest BCUT2D eigenvalue weighted by molar-refractivity contribution is 5.95. The largest absolute Gasteiger partial charge is 0.368 e. The summed E-state index contributed by atoms with van der Waals surface area (Å²) in [5, 5.41) is 20.5. The highest BCUT2D eigenvalue weighted by Crippen LogP contribution is 2.29. The van der Waals surface area contributed by atoms with Crippen molar-refractivity contribution in [1.82, 2.24) is 15.2 Å². The van der Waals surface area contributed by atoms with Crippen LogP contribution in [0.25, 0.3) is 22.0 Å². The van der Waals surface area contributed by atoms with Gasteiger partial charge in [-0.2, -0.15) is 10.4 Å². The number of aromatic amines is 1. The van der Waals surface area contributed by atoms with Gasteiger partial charge in [-0.25, -0.2) is 4.98 Å². The predicted molar refractivity (Wildman–Crippen MR) is 92.0 cm³/mol. The lowest BCUT2D eigenvalue weighted by Crippen LogP contribution is -2.20. The maximum absolute atomic E-state index is 9.42. The van der Waals surface area contributed by atoms with Gasteiger partial charge in [-0.15, -0.1) is 0 Å². The summed E-state index contributed by atoms with van der Waals surface area (Å²) in [5.74, 6) is 0.630. The summed E-state index contributed by atoms with van der Waals surface area (Å²) in [4.78, 5) is 4.73. The third-order valence-electron chi connectivity index (χ3n) is 3.56. The molecular weight excluding hydrogens is 286 g/mol. The Morgan fingerprint density at radius 1 is 1.30 bits per heavy atom. The van der Waals surface area contributed by atoms with E-state index in [4.69, 9.17) is 4.98 Å². The van der Waals surface area contributed by atoms with Gasteiger partial charge in [-0.3, -0.25) is 5.10 Å². The molecule has 0 fully saturated rings. The smallest absolute Gasteiger partial charge is 0.144 e. The molecule has 5 heteroatoms. The van der Waals surface area contributed by atoms with Crippen LogP contribution < -0.4 is 5.32 Å². The Morgan fingerprint density at radius 3 is 2.78 bits per heavy atom. The van der Waals surface area contributed by atoms with E-state index >= 15 is 0 Å². The van der Waals surface area contributed by atoms with E-state index in [1.807, 2.05) is 30.5 Å². The Hall–Kier alpha value is -2.87. The molecule has 0 spiro atoms. The zero-order valence-corrected chi connectivity index (χ0v) is 13.5. The van der Waals surface area contributed by atoms with Crippen molar-refractivity contribution in [1.29, 1.82) is 5.26 Å². The number of hydrogen-bond donors (Lipinski definition) is 2. The fourth-order valence-electron chi connectivity index (χ4n) is 2.40. The average molecular weight is 305 g/mol. The third kappa shape index (κ3) is 3.16. The molecule has 0 amide bonds. The van der Waals surface area contributed by atoms with Crippen molar-refractivity contribution in [2.75, 3.05) is 11.9 Å². The molecule has 2 heterocycles. The summed E-state index contributed by atoms with van der Waals surface area (Å²) < 4.78 is 0. The first-order valence-electron chi connectivity index (χ1n) is 7.55. The molecule has 23 heavy (non-hydrogen) atoms. The van der Waals surface area contributed by atoms with E-state index in [0.717, 1.165) is 28.6 Å². The van der Waals surface area contributed by atoms with Gasteiger partial charge in [0, 0.05) is 29.3 Å². The molecule has 2 N–H and O–H groups in total. The van der Waals surface area contributed by atoms with Crippen LogP contribution >= 0.6 is 0 Å². The minimum Gasteiger partial charge on any atom is -0.368 e. The van der Waals surface area contributed by atoms with E-state index in [2.05, 4.69) is 42.4 Å². The maximum Gasteiger partial charge on any atom is 0.144 e. The summed E-state index contributed by atoms with van der Waals surface area (Å²) in [7, 11) is 0. The van der Waals surface area contributed by atoms with Crippen LogP contribution in [0.1, 0.15) is 26.3 Å². The second-order valence-electron chi connectivity index (χ2n) is 6.77. The second-order valence-corrected chi connectivity index (χ2v) is 6.77. The summed E-state index contributed by atoms with van der Waals surface area (Å²) in [6.07, 6.45) is 3.62. The summed E-state index contributed by atoms with van der Waals surface area (Å²) in [5.41, 5.74) is 3.51. The lowest BCUT2D eigenvalue weighted by molar-refractivity contribution is 0.442. The number of pyridine rings is 1. The number of para-hydroxylation sites is 1. The van der Waals surface area contributed by atoms with Gasteiger partial charge in [0.1, 0.15) is 11.9 Å². The molecule has 5 nitrogen and oxygen atoms in total. The van der Waals surface area contributed by atoms with Crippen LogP contribution in [-0.2, 0) is 0 Å². The van der Waals surface area contributed by atoms with Crippen LogP contribution in [0.2, 0.25) is 0 Å². The van der Waals surface area contributed by atoms with Gasteiger partial charge in [-0.1, -0.05) is 39.0 Å². The highest BCUT2D eigenvalue weighted by atomic mass is 15.1. The van der Waals surface area contributed by atoms with E-state index in [1.54, 1.807) is 6.20 Å². The summed E-state index contributed by atoms with van der Waals surface area (Å²) in [6.45, 7) is 7.17. The van der Waals surface area contributed by atoms with Gasteiger partial charge in [0.25, 0.3) is 0 Å². The molecule has 0 aliphatic rings. The zero-order valence-electron chi connectivity index (χ0n) is 13.5. The van der Waals surface area contributed by atoms with Gasteiger partial charge in [-0.05, 0) is 11.5 Å². The quantitative estimate of drug-likeness (QED) is 0.768. The fraction of sp³-hybridized carbons (Fsp3) is 0.278. The van der Waals surface area contributed by atoms with Crippen molar-refractivity contribution < 1.29 is 0 Å². The van der Waals surface area contributed by atoms with Crippen LogP contribution in [0.15, 0.2) is 36.7 Å². The zero-order chi connectivity index (χ0) is 16.4. The van der Waals surface area contributed by atoms with Crippen LogP contribution in [0, 0.1) is 16.7 Å². The number of rotatable bonds is 3. The number of aromatic nitrogens is 3. The van der Waals surface area contributed by atoms with Crippen molar-refractivity contribution in [3.8, 4) is 17.2 Å². The van der Waals surface area contributed by atoms with Crippen LogP contribution in [-0.4, -0.2) is 21.7 Å². The van der Waals surface area contributed by atoms with E-state index in [1.165, 1.54) is 0 Å². The number of fused-ring (bicyclic) bond motifs is 1. The maximum atomic E-state index is 9.42. The first-order chi connectivity index (χ1) is 11.0. The van der Waals surface area contributed by atoms with E-state index in [0.29, 0.717) is 11.4 Å². The van der Waals surface area contributed by atoms with Gasteiger partial charge in [0.2, 0.25) is 0 Å². The first kappa shape index (κ1) is 15.0. The Bertz CT molecular complexity index is 867. The van der Waals surface area contributed by atoms with Crippen molar-refractivity contribution in [3.63, 3.8) is 0 Å². The Morgan fingerprint density at radius 2 is 2.13 bits per heavy atom.